The maximum Gasteiger partial charge on any atom is 0.231 e. The molecule has 1 unspecified atom stereocenters. The SMILES string of the molecule is COc1ccc(N2CC(C(=O)Nc3nc(CCl)cs3)CC2=O)cc1. The molecule has 1 aromatic heterocycles. The normalized spacial score (nSPS) is 17.2. The number of alkyl halides is 1. The first-order valence-electron chi connectivity index (χ1n) is 7.36. The minimum Gasteiger partial charge on any atom is -0.497 e. The Morgan fingerprint density at radius 1 is 1.46 bits per heavy atom. The summed E-state index contributed by atoms with van der Waals surface area (Å²) >= 11 is 7.03. The van der Waals surface area contributed by atoms with Crippen molar-refractivity contribution in [2.75, 3.05) is 23.9 Å². The van der Waals surface area contributed by atoms with Crippen molar-refractivity contribution < 1.29 is 14.3 Å². The van der Waals surface area contributed by atoms with Crippen LogP contribution in [0, 0.1) is 5.92 Å². The van der Waals surface area contributed by atoms with Crippen LogP contribution in [0.5, 0.6) is 5.75 Å². The van der Waals surface area contributed by atoms with Crippen molar-refractivity contribution in [3.63, 3.8) is 0 Å². The first-order chi connectivity index (χ1) is 11.6. The Labute approximate surface area is 148 Å². The largest absolute Gasteiger partial charge is 0.497 e. The molecule has 0 saturated carbocycles. The van der Waals surface area contributed by atoms with Crippen LogP contribution in [-0.2, 0) is 15.5 Å². The van der Waals surface area contributed by atoms with E-state index in [0.717, 1.165) is 17.1 Å². The molecule has 2 aromatic rings. The molecule has 0 spiro atoms. The second-order valence-electron chi connectivity index (χ2n) is 5.37. The summed E-state index contributed by atoms with van der Waals surface area (Å²) < 4.78 is 5.11. The third kappa shape index (κ3) is 3.52. The molecule has 1 N–H and O–H groups in total. The molecule has 1 aliphatic rings. The topological polar surface area (TPSA) is 71.5 Å². The number of benzene rings is 1. The summed E-state index contributed by atoms with van der Waals surface area (Å²) in [5.41, 5.74) is 1.48. The molecule has 8 heteroatoms. The molecular formula is C16H16ClN3O3S. The number of carbonyl (C=O) groups excluding carboxylic acids is 2. The van der Waals surface area contributed by atoms with E-state index in [1.807, 2.05) is 12.1 Å². The molecule has 2 amide bonds. The second kappa shape index (κ2) is 7.19. The minimum atomic E-state index is -0.400. The highest BCUT2D eigenvalue weighted by molar-refractivity contribution is 7.14. The van der Waals surface area contributed by atoms with Gasteiger partial charge in [0, 0.05) is 24.0 Å². The van der Waals surface area contributed by atoms with Crippen molar-refractivity contribution in [3.05, 3.63) is 35.3 Å². The summed E-state index contributed by atoms with van der Waals surface area (Å²) in [4.78, 5) is 30.4. The van der Waals surface area contributed by atoms with Gasteiger partial charge in [-0.3, -0.25) is 9.59 Å². The van der Waals surface area contributed by atoms with Crippen LogP contribution in [0.2, 0.25) is 0 Å². The molecule has 1 aliphatic heterocycles. The zero-order chi connectivity index (χ0) is 17.1. The van der Waals surface area contributed by atoms with E-state index < -0.39 is 5.92 Å². The van der Waals surface area contributed by atoms with Crippen molar-refractivity contribution in [2.45, 2.75) is 12.3 Å². The number of aromatic nitrogens is 1. The predicted molar refractivity (Wildman–Crippen MR) is 93.8 cm³/mol. The van der Waals surface area contributed by atoms with E-state index in [4.69, 9.17) is 16.3 Å². The van der Waals surface area contributed by atoms with Gasteiger partial charge in [-0.1, -0.05) is 0 Å². The van der Waals surface area contributed by atoms with Crippen LogP contribution in [-0.4, -0.2) is 30.5 Å². The molecule has 6 nitrogen and oxygen atoms in total. The van der Waals surface area contributed by atoms with Crippen LogP contribution in [0.25, 0.3) is 0 Å². The highest BCUT2D eigenvalue weighted by atomic mass is 35.5. The Morgan fingerprint density at radius 2 is 2.21 bits per heavy atom. The lowest BCUT2D eigenvalue weighted by molar-refractivity contribution is -0.122. The number of methoxy groups -OCH3 is 1. The third-order valence-electron chi connectivity index (χ3n) is 3.80. The van der Waals surface area contributed by atoms with Crippen molar-refractivity contribution in [1.82, 2.24) is 4.98 Å². The van der Waals surface area contributed by atoms with Gasteiger partial charge in [-0.05, 0) is 24.3 Å². The van der Waals surface area contributed by atoms with Gasteiger partial charge >= 0.3 is 0 Å². The molecule has 24 heavy (non-hydrogen) atoms. The van der Waals surface area contributed by atoms with Crippen LogP contribution in [0.1, 0.15) is 12.1 Å². The molecule has 2 heterocycles. The van der Waals surface area contributed by atoms with Crippen molar-refractivity contribution in [2.24, 2.45) is 5.92 Å². The van der Waals surface area contributed by atoms with Crippen LogP contribution >= 0.6 is 22.9 Å². The predicted octanol–water partition coefficient (Wildman–Crippen LogP) is 2.88. The van der Waals surface area contributed by atoms with Crippen LogP contribution in [0.15, 0.2) is 29.6 Å². The Morgan fingerprint density at radius 3 is 2.83 bits per heavy atom. The number of rotatable bonds is 5. The van der Waals surface area contributed by atoms with Crippen molar-refractivity contribution >= 4 is 45.6 Å². The molecule has 0 radical (unpaired) electrons. The summed E-state index contributed by atoms with van der Waals surface area (Å²) in [5.74, 6) is 0.358. The molecule has 1 atom stereocenters. The van der Waals surface area contributed by atoms with Gasteiger partial charge < -0.3 is 15.0 Å². The van der Waals surface area contributed by atoms with E-state index in [2.05, 4.69) is 10.3 Å². The Hall–Kier alpha value is -2.12. The average Bonchev–Trinajstić information content (AvgIpc) is 3.21. The fourth-order valence-electron chi connectivity index (χ4n) is 2.53. The monoisotopic (exact) mass is 365 g/mol. The zero-order valence-corrected chi connectivity index (χ0v) is 14.6. The van der Waals surface area contributed by atoms with Crippen LogP contribution < -0.4 is 15.0 Å². The number of amides is 2. The number of anilines is 2. The highest BCUT2D eigenvalue weighted by Gasteiger charge is 2.35. The second-order valence-corrected chi connectivity index (χ2v) is 6.50. The van der Waals surface area contributed by atoms with Gasteiger partial charge in [-0.2, -0.15) is 0 Å². The highest BCUT2D eigenvalue weighted by Crippen LogP contribution is 2.28. The van der Waals surface area contributed by atoms with Crippen LogP contribution in [0.4, 0.5) is 10.8 Å². The standard InChI is InChI=1S/C16H16ClN3O3S/c1-23-13-4-2-12(3-5-13)20-8-10(6-14(20)21)15(22)19-16-18-11(7-17)9-24-16/h2-5,9-10H,6-8H2,1H3,(H,18,19,22). The quantitative estimate of drug-likeness (QED) is 0.827. The lowest BCUT2D eigenvalue weighted by atomic mass is 10.1. The fraction of sp³-hybridized carbons (Fsp3) is 0.312. The third-order valence-corrected chi connectivity index (χ3v) is 4.88. The summed E-state index contributed by atoms with van der Waals surface area (Å²) in [5, 5.41) is 5.06. The van der Waals surface area contributed by atoms with Crippen LogP contribution in [0.3, 0.4) is 0 Å². The minimum absolute atomic E-state index is 0.0686. The van der Waals surface area contributed by atoms with E-state index in [1.54, 1.807) is 29.5 Å². The Balaban J connectivity index is 1.65. The molecule has 1 fully saturated rings. The van der Waals surface area contributed by atoms with Crippen molar-refractivity contribution in [3.8, 4) is 5.75 Å². The fourth-order valence-corrected chi connectivity index (χ4v) is 3.47. The van der Waals surface area contributed by atoms with Gasteiger partial charge in [-0.15, -0.1) is 22.9 Å². The van der Waals surface area contributed by atoms with Gasteiger partial charge in [0.05, 0.1) is 24.6 Å². The number of nitrogens with zero attached hydrogens (tertiary/aromatic N) is 2. The maximum atomic E-state index is 12.4. The number of thiazole rings is 1. The molecule has 1 aromatic carbocycles. The number of carbonyl (C=O) groups is 2. The lowest BCUT2D eigenvalue weighted by Gasteiger charge is -2.16. The number of hydrogen-bond donors (Lipinski definition) is 1. The summed E-state index contributed by atoms with van der Waals surface area (Å²) in [7, 11) is 1.59. The van der Waals surface area contributed by atoms with E-state index in [-0.39, 0.29) is 18.2 Å². The van der Waals surface area contributed by atoms with Gasteiger partial charge in [-0.25, -0.2) is 4.98 Å². The number of nitrogens with one attached hydrogen (secondary N) is 1. The van der Waals surface area contributed by atoms with Gasteiger partial charge in [0.1, 0.15) is 5.75 Å². The lowest BCUT2D eigenvalue weighted by Crippen LogP contribution is -2.28. The number of hydrogen-bond acceptors (Lipinski definition) is 5. The zero-order valence-electron chi connectivity index (χ0n) is 13.0. The van der Waals surface area contributed by atoms with Gasteiger partial charge in [0.2, 0.25) is 11.8 Å². The molecular weight excluding hydrogens is 350 g/mol. The first kappa shape index (κ1) is 16.7. The van der Waals surface area contributed by atoms with E-state index in [1.165, 1.54) is 11.3 Å². The smallest absolute Gasteiger partial charge is 0.231 e. The Kier molecular flexibility index (Phi) is 5.01. The summed E-state index contributed by atoms with van der Waals surface area (Å²) in [6, 6.07) is 7.20. The maximum absolute atomic E-state index is 12.4. The molecule has 1 saturated heterocycles. The summed E-state index contributed by atoms with van der Waals surface area (Å²) in [6.45, 7) is 0.352. The van der Waals surface area contributed by atoms with Crippen molar-refractivity contribution in [1.29, 1.82) is 0 Å². The first-order valence-corrected chi connectivity index (χ1v) is 8.77. The number of halogens is 1. The van der Waals surface area contributed by atoms with E-state index in [9.17, 15) is 9.59 Å². The number of ether oxygens (including phenoxy) is 1. The van der Waals surface area contributed by atoms with Gasteiger partial charge in [0.25, 0.3) is 0 Å². The molecule has 3 rings (SSSR count). The van der Waals surface area contributed by atoms with E-state index >= 15 is 0 Å². The molecule has 0 aliphatic carbocycles. The average molecular weight is 366 g/mol. The Bertz CT molecular complexity index is 747. The van der Waals surface area contributed by atoms with Gasteiger partial charge in [0.15, 0.2) is 5.13 Å². The molecule has 126 valence electrons. The molecule has 0 bridgehead atoms. The van der Waals surface area contributed by atoms with E-state index in [0.29, 0.717) is 17.6 Å². The summed E-state index contributed by atoms with van der Waals surface area (Å²) in [6.07, 6.45) is 0.186.